The molecule has 0 saturated heterocycles. The summed E-state index contributed by atoms with van der Waals surface area (Å²) in [5.74, 6) is -1.16. The van der Waals surface area contributed by atoms with Gasteiger partial charge >= 0.3 is 5.97 Å². The van der Waals surface area contributed by atoms with Gasteiger partial charge in [-0.2, -0.15) is 0 Å². The highest BCUT2D eigenvalue weighted by molar-refractivity contribution is 6.22. The minimum absolute atomic E-state index is 0.138. The summed E-state index contributed by atoms with van der Waals surface area (Å²) in [5, 5.41) is 2.14. The molecule has 1 heterocycles. The zero-order chi connectivity index (χ0) is 16.4. The van der Waals surface area contributed by atoms with Crippen molar-refractivity contribution in [3.8, 4) is 11.5 Å². The number of rotatable bonds is 4. The van der Waals surface area contributed by atoms with Crippen molar-refractivity contribution in [2.24, 2.45) is 0 Å². The first kappa shape index (κ1) is 14.5. The Balaban J connectivity index is 1.78. The fourth-order valence-electron chi connectivity index (χ4n) is 2.10. The molecule has 0 spiro atoms. The minimum Gasteiger partial charge on any atom is -0.429 e. The number of carbonyl (C=O) groups is 4. The van der Waals surface area contributed by atoms with E-state index in [0.717, 1.165) is 0 Å². The van der Waals surface area contributed by atoms with Crippen LogP contribution < -0.4 is 14.8 Å². The van der Waals surface area contributed by atoms with Gasteiger partial charge in [-0.3, -0.25) is 19.7 Å². The van der Waals surface area contributed by atoms with Crippen LogP contribution in [-0.2, 0) is 4.79 Å². The lowest BCUT2D eigenvalue weighted by Gasteiger charge is -2.05. The minimum atomic E-state index is -0.677. The molecule has 0 unspecified atom stereocenters. The van der Waals surface area contributed by atoms with E-state index >= 15 is 0 Å². The summed E-state index contributed by atoms with van der Waals surface area (Å²) < 4.78 is 9.78. The van der Waals surface area contributed by atoms with Crippen molar-refractivity contribution in [3.63, 3.8) is 0 Å². The molecule has 0 aliphatic carbocycles. The van der Waals surface area contributed by atoms with Crippen molar-refractivity contribution in [2.75, 3.05) is 0 Å². The van der Waals surface area contributed by atoms with E-state index < -0.39 is 17.8 Å². The third-order valence-corrected chi connectivity index (χ3v) is 3.19. The largest absolute Gasteiger partial charge is 0.429 e. The number of nitrogens with one attached hydrogen (secondary N) is 1. The Hall–Kier alpha value is -3.48. The zero-order valence-corrected chi connectivity index (χ0v) is 11.6. The number of hydrogen-bond donors (Lipinski definition) is 1. The number of fused-ring (bicyclic) bond motifs is 1. The molecule has 1 aliphatic heterocycles. The molecular formula is C16H9NO6. The van der Waals surface area contributed by atoms with E-state index in [1.807, 2.05) is 0 Å². The standard InChI is InChI=1S/C16H9NO6/c18-8-22-10-2-4-11(5-3-10)23-16(21)9-1-6-12-13(7-9)15(20)17-14(12)19/h1-8H,(H,17,19,20). The molecule has 7 nitrogen and oxygen atoms in total. The Labute approximate surface area is 129 Å². The lowest BCUT2D eigenvalue weighted by atomic mass is 10.1. The Kier molecular flexibility index (Phi) is 3.60. The Bertz CT molecular complexity index is 825. The van der Waals surface area contributed by atoms with Gasteiger partial charge in [0.15, 0.2) is 0 Å². The van der Waals surface area contributed by atoms with Gasteiger partial charge in [0.25, 0.3) is 18.3 Å². The number of benzene rings is 2. The molecule has 114 valence electrons. The molecule has 1 aliphatic rings. The molecule has 2 amide bonds. The van der Waals surface area contributed by atoms with Gasteiger partial charge in [0, 0.05) is 0 Å². The number of carbonyl (C=O) groups excluding carboxylic acids is 4. The fourth-order valence-corrected chi connectivity index (χ4v) is 2.10. The van der Waals surface area contributed by atoms with Gasteiger partial charge in [0.05, 0.1) is 16.7 Å². The van der Waals surface area contributed by atoms with Crippen LogP contribution in [0.15, 0.2) is 42.5 Å². The molecule has 0 fully saturated rings. The van der Waals surface area contributed by atoms with Gasteiger partial charge in [-0.05, 0) is 42.5 Å². The number of hydrogen-bond acceptors (Lipinski definition) is 6. The lowest BCUT2D eigenvalue weighted by molar-refractivity contribution is -0.120. The predicted octanol–water partition coefficient (Wildman–Crippen LogP) is 1.32. The van der Waals surface area contributed by atoms with Crippen molar-refractivity contribution in [1.29, 1.82) is 0 Å². The normalized spacial score (nSPS) is 12.3. The van der Waals surface area contributed by atoms with Crippen LogP contribution in [-0.4, -0.2) is 24.3 Å². The summed E-state index contributed by atoms with van der Waals surface area (Å²) in [6.07, 6.45) is 0. The van der Waals surface area contributed by atoms with Crippen LogP contribution in [0.25, 0.3) is 0 Å². The maximum atomic E-state index is 12.1. The van der Waals surface area contributed by atoms with Crippen LogP contribution in [0.4, 0.5) is 0 Å². The van der Waals surface area contributed by atoms with E-state index in [0.29, 0.717) is 5.75 Å². The van der Waals surface area contributed by atoms with Crippen LogP contribution in [0.3, 0.4) is 0 Å². The maximum Gasteiger partial charge on any atom is 0.343 e. The van der Waals surface area contributed by atoms with Crippen molar-refractivity contribution < 1.29 is 28.7 Å². The summed E-state index contributed by atoms with van der Waals surface area (Å²) in [7, 11) is 0. The van der Waals surface area contributed by atoms with E-state index in [-0.39, 0.29) is 28.9 Å². The summed E-state index contributed by atoms with van der Waals surface area (Å²) >= 11 is 0. The van der Waals surface area contributed by atoms with Gasteiger partial charge in [-0.1, -0.05) is 0 Å². The molecular weight excluding hydrogens is 302 g/mol. The summed E-state index contributed by atoms with van der Waals surface area (Å²) in [6.45, 7) is 0.290. The first-order valence-corrected chi connectivity index (χ1v) is 6.51. The molecule has 2 aromatic rings. The Morgan fingerprint density at radius 3 is 2.26 bits per heavy atom. The van der Waals surface area contributed by atoms with Crippen molar-refractivity contribution >= 4 is 24.3 Å². The van der Waals surface area contributed by atoms with E-state index in [2.05, 4.69) is 10.1 Å². The molecule has 0 atom stereocenters. The average molecular weight is 311 g/mol. The van der Waals surface area contributed by atoms with E-state index in [1.165, 1.54) is 42.5 Å². The topological polar surface area (TPSA) is 98.8 Å². The molecule has 3 rings (SSSR count). The second kappa shape index (κ2) is 5.72. The van der Waals surface area contributed by atoms with Crippen molar-refractivity contribution in [2.45, 2.75) is 0 Å². The predicted molar refractivity (Wildman–Crippen MR) is 76.3 cm³/mol. The Morgan fingerprint density at radius 1 is 0.913 bits per heavy atom. The van der Waals surface area contributed by atoms with Gasteiger partial charge in [-0.25, -0.2) is 4.79 Å². The first-order chi connectivity index (χ1) is 11.1. The summed E-state index contributed by atoms with van der Waals surface area (Å²) in [4.78, 5) is 45.3. The number of ether oxygens (including phenoxy) is 2. The van der Waals surface area contributed by atoms with Crippen LogP contribution in [0.5, 0.6) is 11.5 Å². The van der Waals surface area contributed by atoms with Gasteiger partial charge in [0.2, 0.25) is 0 Å². The second-order valence-electron chi connectivity index (χ2n) is 4.62. The van der Waals surface area contributed by atoms with Gasteiger partial charge in [0.1, 0.15) is 11.5 Å². The zero-order valence-electron chi connectivity index (χ0n) is 11.6. The third-order valence-electron chi connectivity index (χ3n) is 3.19. The van der Waals surface area contributed by atoms with Crippen LogP contribution >= 0.6 is 0 Å². The smallest absolute Gasteiger partial charge is 0.343 e. The fraction of sp³-hybridized carbons (Fsp3) is 0. The second-order valence-corrected chi connectivity index (χ2v) is 4.62. The third kappa shape index (κ3) is 2.80. The van der Waals surface area contributed by atoms with Crippen LogP contribution in [0.1, 0.15) is 31.1 Å². The van der Waals surface area contributed by atoms with E-state index in [1.54, 1.807) is 0 Å². The highest BCUT2D eigenvalue weighted by atomic mass is 16.5. The lowest BCUT2D eigenvalue weighted by Crippen LogP contribution is -2.19. The van der Waals surface area contributed by atoms with Crippen LogP contribution in [0.2, 0.25) is 0 Å². The van der Waals surface area contributed by atoms with Crippen molar-refractivity contribution in [3.05, 3.63) is 59.2 Å². The Morgan fingerprint density at radius 2 is 1.57 bits per heavy atom. The summed E-state index contributed by atoms with van der Waals surface area (Å²) in [5.41, 5.74) is 0.503. The van der Waals surface area contributed by atoms with Crippen molar-refractivity contribution in [1.82, 2.24) is 5.32 Å². The molecule has 0 radical (unpaired) electrons. The highest BCUT2D eigenvalue weighted by Gasteiger charge is 2.27. The molecule has 1 N–H and O–H groups in total. The van der Waals surface area contributed by atoms with Gasteiger partial charge in [-0.15, -0.1) is 0 Å². The number of esters is 1. The number of imide groups is 1. The maximum absolute atomic E-state index is 12.1. The number of amides is 2. The van der Waals surface area contributed by atoms with Crippen LogP contribution in [0, 0.1) is 0 Å². The highest BCUT2D eigenvalue weighted by Crippen LogP contribution is 2.21. The summed E-state index contributed by atoms with van der Waals surface area (Å²) in [6, 6.07) is 9.95. The molecule has 2 aromatic carbocycles. The SMILES string of the molecule is O=COc1ccc(OC(=O)c2ccc3c(c2)C(=O)NC3=O)cc1. The van der Waals surface area contributed by atoms with E-state index in [4.69, 9.17) is 4.74 Å². The van der Waals surface area contributed by atoms with E-state index in [9.17, 15) is 19.2 Å². The first-order valence-electron chi connectivity index (χ1n) is 6.51. The molecule has 7 heteroatoms. The molecule has 0 saturated carbocycles. The average Bonchev–Trinajstić information content (AvgIpc) is 2.84. The molecule has 0 bridgehead atoms. The molecule has 23 heavy (non-hydrogen) atoms. The monoisotopic (exact) mass is 311 g/mol. The quantitative estimate of drug-likeness (QED) is 0.396. The van der Waals surface area contributed by atoms with Gasteiger partial charge < -0.3 is 9.47 Å². The molecule has 0 aromatic heterocycles.